The first-order valence-electron chi connectivity index (χ1n) is 8.00. The Morgan fingerprint density at radius 1 is 1.04 bits per heavy atom. The van der Waals surface area contributed by atoms with E-state index in [-0.39, 0.29) is 11.9 Å². The van der Waals surface area contributed by atoms with Gasteiger partial charge in [0.15, 0.2) is 6.04 Å². The monoisotopic (exact) mass is 337 g/mol. The molecule has 3 N–H and O–H groups in total. The van der Waals surface area contributed by atoms with Crippen molar-refractivity contribution in [3.8, 4) is 0 Å². The number of nitrogens with one attached hydrogen (secondary N) is 1. The van der Waals surface area contributed by atoms with Crippen molar-refractivity contribution in [1.82, 2.24) is 0 Å². The van der Waals surface area contributed by atoms with Gasteiger partial charge in [-0.1, -0.05) is 54.1 Å². The second-order valence-electron chi connectivity index (χ2n) is 5.76. The number of thiophene rings is 1. The third-order valence-electron chi connectivity index (χ3n) is 3.90. The van der Waals surface area contributed by atoms with Gasteiger partial charge in [0.1, 0.15) is 6.54 Å². The van der Waals surface area contributed by atoms with E-state index in [0.29, 0.717) is 0 Å². The van der Waals surface area contributed by atoms with Crippen molar-refractivity contribution in [3.05, 3.63) is 88.1 Å². The first-order chi connectivity index (χ1) is 11.7. The topological polar surface area (TPSA) is 45.7 Å². The van der Waals surface area contributed by atoms with E-state index < -0.39 is 0 Å². The highest BCUT2D eigenvalue weighted by Crippen LogP contribution is 2.14. The number of quaternary nitrogens is 1. The minimum Gasteiger partial charge on any atom is -0.328 e. The molecule has 0 spiro atoms. The maximum Gasteiger partial charge on any atom is 0.287 e. The number of anilines is 1. The lowest BCUT2D eigenvalue weighted by atomic mass is 10.1. The quantitative estimate of drug-likeness (QED) is 0.710. The molecule has 122 valence electrons. The second-order valence-corrected chi connectivity index (χ2v) is 6.80. The fourth-order valence-electron chi connectivity index (χ4n) is 2.57. The second kappa shape index (κ2) is 7.90. The molecular formula is C20H21N2OS+. The predicted octanol–water partition coefficient (Wildman–Crippen LogP) is 3.50. The van der Waals surface area contributed by atoms with Crippen molar-refractivity contribution in [2.45, 2.75) is 19.5 Å². The Hall–Kier alpha value is -2.43. The van der Waals surface area contributed by atoms with Crippen LogP contribution in [0.15, 0.2) is 72.1 Å². The number of aryl methyl sites for hydroxylation is 1. The van der Waals surface area contributed by atoms with E-state index in [1.54, 1.807) is 11.3 Å². The van der Waals surface area contributed by atoms with Gasteiger partial charge < -0.3 is 10.6 Å². The molecular weight excluding hydrogens is 316 g/mol. The van der Waals surface area contributed by atoms with Crippen LogP contribution in [0.5, 0.6) is 0 Å². The van der Waals surface area contributed by atoms with Gasteiger partial charge in [-0.3, -0.25) is 4.79 Å². The molecule has 0 aliphatic rings. The molecule has 3 nitrogen and oxygen atoms in total. The molecule has 0 saturated heterocycles. The summed E-state index contributed by atoms with van der Waals surface area (Å²) in [5, 5.41) is 7.18. The van der Waals surface area contributed by atoms with Crippen LogP contribution in [0.3, 0.4) is 0 Å². The first kappa shape index (κ1) is 16.4. The van der Waals surface area contributed by atoms with Crippen molar-refractivity contribution in [2.24, 2.45) is 0 Å². The Kier molecular flexibility index (Phi) is 5.41. The van der Waals surface area contributed by atoms with Crippen molar-refractivity contribution < 1.29 is 10.1 Å². The van der Waals surface area contributed by atoms with Crippen molar-refractivity contribution in [2.75, 3.05) is 5.32 Å². The maximum absolute atomic E-state index is 12.8. The highest BCUT2D eigenvalue weighted by Gasteiger charge is 2.24. The highest BCUT2D eigenvalue weighted by molar-refractivity contribution is 7.09. The van der Waals surface area contributed by atoms with Gasteiger partial charge in [0, 0.05) is 11.3 Å². The molecule has 1 atom stereocenters. The lowest BCUT2D eigenvalue weighted by Gasteiger charge is -2.16. The Balaban J connectivity index is 1.75. The van der Waals surface area contributed by atoms with Crippen LogP contribution in [0, 0.1) is 6.92 Å². The molecule has 1 heterocycles. The molecule has 0 radical (unpaired) electrons. The van der Waals surface area contributed by atoms with Crippen LogP contribution in [0.4, 0.5) is 5.69 Å². The predicted molar refractivity (Wildman–Crippen MR) is 98.9 cm³/mol. The smallest absolute Gasteiger partial charge is 0.287 e. The fraction of sp³-hybridized carbons (Fsp3) is 0.150. The third-order valence-corrected chi connectivity index (χ3v) is 4.79. The van der Waals surface area contributed by atoms with Gasteiger partial charge in [-0.2, -0.15) is 0 Å². The van der Waals surface area contributed by atoms with E-state index in [1.165, 1.54) is 10.4 Å². The average molecular weight is 337 g/mol. The SMILES string of the molecule is Cc1ccc(NC(=O)[C@H]([NH2+]Cc2cccs2)c2ccccc2)cc1. The molecule has 1 aromatic heterocycles. The van der Waals surface area contributed by atoms with Crippen LogP contribution in [-0.4, -0.2) is 5.91 Å². The largest absolute Gasteiger partial charge is 0.328 e. The molecule has 2 aromatic carbocycles. The summed E-state index contributed by atoms with van der Waals surface area (Å²) in [5.74, 6) is 0.00149. The molecule has 0 aliphatic heterocycles. The minimum absolute atomic E-state index is 0.00149. The number of benzene rings is 2. The van der Waals surface area contributed by atoms with Gasteiger partial charge in [0.2, 0.25) is 0 Å². The van der Waals surface area contributed by atoms with Gasteiger partial charge in [-0.05, 0) is 30.5 Å². The van der Waals surface area contributed by atoms with Crippen LogP contribution < -0.4 is 10.6 Å². The Morgan fingerprint density at radius 3 is 2.46 bits per heavy atom. The van der Waals surface area contributed by atoms with Crippen molar-refractivity contribution >= 4 is 22.9 Å². The number of rotatable bonds is 6. The Labute approximate surface area is 146 Å². The standard InChI is InChI=1S/C20H20N2OS/c1-15-9-11-17(12-10-15)22-20(23)19(16-6-3-2-4-7-16)21-14-18-8-5-13-24-18/h2-13,19,21H,14H2,1H3,(H,22,23)/p+1/t19-/m1/s1. The van der Waals surface area contributed by atoms with Crippen LogP contribution >= 0.6 is 11.3 Å². The van der Waals surface area contributed by atoms with Gasteiger partial charge in [-0.15, -0.1) is 11.3 Å². The zero-order valence-electron chi connectivity index (χ0n) is 13.6. The summed E-state index contributed by atoms with van der Waals surface area (Å²) in [4.78, 5) is 14.1. The van der Waals surface area contributed by atoms with Crippen LogP contribution in [0.1, 0.15) is 22.0 Å². The molecule has 0 unspecified atom stereocenters. The lowest BCUT2D eigenvalue weighted by Crippen LogP contribution is -2.85. The van der Waals surface area contributed by atoms with Gasteiger partial charge in [-0.25, -0.2) is 0 Å². The summed E-state index contributed by atoms with van der Waals surface area (Å²) in [6, 6.07) is 21.7. The number of hydrogen-bond acceptors (Lipinski definition) is 2. The zero-order chi connectivity index (χ0) is 16.8. The molecule has 4 heteroatoms. The Morgan fingerprint density at radius 2 is 1.79 bits per heavy atom. The fourth-order valence-corrected chi connectivity index (χ4v) is 3.26. The van der Waals surface area contributed by atoms with Gasteiger partial charge in [0.25, 0.3) is 5.91 Å². The summed E-state index contributed by atoms with van der Waals surface area (Å²) in [7, 11) is 0. The third kappa shape index (κ3) is 4.31. The number of carbonyl (C=O) groups excluding carboxylic acids is 1. The van der Waals surface area contributed by atoms with E-state index >= 15 is 0 Å². The number of hydrogen-bond donors (Lipinski definition) is 2. The molecule has 0 bridgehead atoms. The molecule has 1 amide bonds. The van der Waals surface area contributed by atoms with Gasteiger partial charge in [0.05, 0.1) is 4.88 Å². The van der Waals surface area contributed by atoms with E-state index in [2.05, 4.69) is 22.1 Å². The number of amides is 1. The normalized spacial score (nSPS) is 11.9. The minimum atomic E-state index is -0.269. The molecule has 24 heavy (non-hydrogen) atoms. The number of carbonyl (C=O) groups is 1. The average Bonchev–Trinajstić information content (AvgIpc) is 3.12. The molecule has 3 rings (SSSR count). The van der Waals surface area contributed by atoms with E-state index in [9.17, 15) is 4.79 Å². The molecule has 3 aromatic rings. The summed E-state index contributed by atoms with van der Waals surface area (Å²) in [6.07, 6.45) is 0. The summed E-state index contributed by atoms with van der Waals surface area (Å²) < 4.78 is 0. The maximum atomic E-state index is 12.8. The summed E-state index contributed by atoms with van der Waals surface area (Å²) in [5.41, 5.74) is 3.02. The Bertz CT molecular complexity index is 767. The zero-order valence-corrected chi connectivity index (χ0v) is 14.4. The van der Waals surface area contributed by atoms with Crippen LogP contribution in [0.2, 0.25) is 0 Å². The molecule has 0 aliphatic carbocycles. The first-order valence-corrected chi connectivity index (χ1v) is 8.88. The van der Waals surface area contributed by atoms with Crippen LogP contribution in [0.25, 0.3) is 0 Å². The lowest BCUT2D eigenvalue weighted by molar-refractivity contribution is -0.697. The van der Waals surface area contributed by atoms with Crippen molar-refractivity contribution in [3.63, 3.8) is 0 Å². The highest BCUT2D eigenvalue weighted by atomic mass is 32.1. The number of nitrogens with two attached hydrogens (primary N) is 1. The van der Waals surface area contributed by atoms with Gasteiger partial charge >= 0.3 is 0 Å². The molecule has 0 saturated carbocycles. The van der Waals surface area contributed by atoms with E-state index in [1.807, 2.05) is 67.6 Å². The van der Waals surface area contributed by atoms with Crippen LogP contribution in [-0.2, 0) is 11.3 Å². The summed E-state index contributed by atoms with van der Waals surface area (Å²) in [6.45, 7) is 2.83. The summed E-state index contributed by atoms with van der Waals surface area (Å²) >= 11 is 1.71. The van der Waals surface area contributed by atoms with E-state index in [0.717, 1.165) is 17.8 Å². The van der Waals surface area contributed by atoms with E-state index in [4.69, 9.17) is 0 Å². The van der Waals surface area contributed by atoms with Crippen molar-refractivity contribution in [1.29, 1.82) is 0 Å². The molecule has 0 fully saturated rings.